The number of methoxy groups -OCH3 is 2. The van der Waals surface area contributed by atoms with Crippen molar-refractivity contribution in [2.75, 3.05) is 45.1 Å². The van der Waals surface area contributed by atoms with Crippen LogP contribution in [-0.2, 0) is 9.09 Å². The fraction of sp³-hybridized carbons (Fsp3) is 0.333. The number of benzene rings is 3. The van der Waals surface area contributed by atoms with E-state index in [4.69, 9.17) is 14.0 Å². The summed E-state index contributed by atoms with van der Waals surface area (Å²) < 4.78 is 32.4. The van der Waals surface area contributed by atoms with E-state index < -0.39 is 13.2 Å². The van der Waals surface area contributed by atoms with E-state index in [1.807, 2.05) is 91.8 Å². The Morgan fingerprint density at radius 1 is 0.941 bits per heavy atom. The first-order valence-electron chi connectivity index (χ1n) is 11.5. The molecule has 0 saturated heterocycles. The van der Waals surface area contributed by atoms with E-state index >= 15 is 0 Å². The highest BCUT2D eigenvalue weighted by Gasteiger charge is 2.39. The van der Waals surface area contributed by atoms with Crippen molar-refractivity contribution in [2.24, 2.45) is 0 Å². The van der Waals surface area contributed by atoms with Crippen molar-refractivity contribution in [3.05, 3.63) is 78.4 Å². The molecule has 3 aromatic rings. The predicted molar refractivity (Wildman–Crippen MR) is 141 cm³/mol. The van der Waals surface area contributed by atoms with Crippen molar-refractivity contribution in [2.45, 2.75) is 25.5 Å². The van der Waals surface area contributed by atoms with E-state index in [0.29, 0.717) is 29.0 Å². The summed E-state index contributed by atoms with van der Waals surface area (Å²) >= 11 is 0. The van der Waals surface area contributed by atoms with Gasteiger partial charge in [-0.15, -0.1) is 0 Å². The first kappa shape index (κ1) is 25.7. The van der Waals surface area contributed by atoms with Gasteiger partial charge in [-0.1, -0.05) is 31.5 Å². The lowest BCUT2D eigenvalue weighted by Crippen LogP contribution is -2.22. The highest BCUT2D eigenvalue weighted by Crippen LogP contribution is 2.60. The molecule has 0 spiro atoms. The number of ether oxygens (including phenoxy) is 2. The zero-order valence-corrected chi connectivity index (χ0v) is 21.5. The van der Waals surface area contributed by atoms with Gasteiger partial charge in [0.15, 0.2) is 0 Å². The molecule has 2 atom stereocenters. The van der Waals surface area contributed by atoms with Crippen LogP contribution >= 0.6 is 7.37 Å². The maximum Gasteiger partial charge on any atom is 0.258 e. The Morgan fingerprint density at radius 3 is 2.24 bits per heavy atom. The summed E-state index contributed by atoms with van der Waals surface area (Å²) in [6, 6.07) is 23.0. The normalized spacial score (nSPS) is 13.6. The summed E-state index contributed by atoms with van der Waals surface area (Å²) in [6.45, 7) is 2.48. The van der Waals surface area contributed by atoms with Gasteiger partial charge < -0.3 is 24.2 Å². The smallest absolute Gasteiger partial charge is 0.258 e. The summed E-state index contributed by atoms with van der Waals surface area (Å²) in [5, 5.41) is 4.14. The third-order valence-electron chi connectivity index (χ3n) is 5.66. The Bertz CT molecular complexity index is 1090. The second kappa shape index (κ2) is 12.0. The number of nitrogens with zero attached hydrogens (tertiary/aromatic N) is 1. The summed E-state index contributed by atoms with van der Waals surface area (Å²) in [5.41, 5.74) is 2.57. The van der Waals surface area contributed by atoms with Crippen molar-refractivity contribution in [3.63, 3.8) is 0 Å². The predicted octanol–water partition coefficient (Wildman–Crippen LogP) is 6.30. The molecule has 1 N–H and O–H groups in total. The topological polar surface area (TPSA) is 60.0 Å². The number of hydrogen-bond acceptors (Lipinski definition) is 6. The number of para-hydroxylation sites is 1. The van der Waals surface area contributed by atoms with Crippen molar-refractivity contribution < 1.29 is 18.6 Å². The molecule has 182 valence electrons. The molecule has 0 heterocycles. The molecule has 3 rings (SSSR count). The molecule has 0 aliphatic rings. The maximum atomic E-state index is 14.9. The largest absolute Gasteiger partial charge is 0.497 e. The molecule has 7 heteroatoms. The fourth-order valence-corrected chi connectivity index (χ4v) is 6.14. The van der Waals surface area contributed by atoms with Crippen molar-refractivity contribution in [1.29, 1.82) is 0 Å². The van der Waals surface area contributed by atoms with Gasteiger partial charge in [-0.2, -0.15) is 0 Å². The van der Waals surface area contributed by atoms with Crippen LogP contribution in [-0.4, -0.2) is 34.9 Å². The first-order chi connectivity index (χ1) is 16.4. The van der Waals surface area contributed by atoms with E-state index in [0.717, 1.165) is 24.2 Å². The lowest BCUT2D eigenvalue weighted by atomic mass is 10.1. The second-order valence-electron chi connectivity index (χ2n) is 8.22. The summed E-state index contributed by atoms with van der Waals surface area (Å²) in [7, 11) is 3.70. The SMILES string of the molecule is CCCCO[P@@](=O)(c1ccc(N(C)C)cc1)[C@@H](Nc1ccccc1)c1cc(OC)ccc1OC. The molecule has 34 heavy (non-hydrogen) atoms. The molecule has 0 unspecified atom stereocenters. The monoisotopic (exact) mass is 482 g/mol. The number of rotatable bonds is 12. The average Bonchev–Trinajstić information content (AvgIpc) is 2.87. The van der Waals surface area contributed by atoms with Crippen molar-refractivity contribution >= 4 is 24.0 Å². The van der Waals surface area contributed by atoms with Gasteiger partial charge in [-0.25, -0.2) is 0 Å². The third kappa shape index (κ3) is 5.94. The Hall–Kier alpha value is -2.95. The van der Waals surface area contributed by atoms with E-state index in [9.17, 15) is 4.57 Å². The standard InChI is InChI=1S/C27H35N2O4P/c1-6-7-19-33-34(30,24-16-13-22(14-17-24)29(2)3)27(28-21-11-9-8-10-12-21)25-20-23(31-4)15-18-26(25)32-5/h8-18,20,27-28H,6-7,19H2,1-5H3/t27-,34+/m1/s1. The van der Waals surface area contributed by atoms with Crippen LogP contribution in [0.1, 0.15) is 31.1 Å². The number of anilines is 2. The lowest BCUT2D eigenvalue weighted by molar-refractivity contribution is 0.307. The summed E-state index contributed by atoms with van der Waals surface area (Å²) in [6.07, 6.45) is 1.76. The molecule has 0 saturated carbocycles. The number of unbranched alkanes of at least 4 members (excludes halogenated alkanes) is 1. The molecule has 0 aromatic heterocycles. The van der Waals surface area contributed by atoms with E-state index in [1.54, 1.807) is 14.2 Å². The van der Waals surface area contributed by atoms with Gasteiger partial charge in [0.1, 0.15) is 17.3 Å². The quantitative estimate of drug-likeness (QED) is 0.241. The Labute approximate surface area is 203 Å². The van der Waals surface area contributed by atoms with Crippen LogP contribution in [0.3, 0.4) is 0 Å². The van der Waals surface area contributed by atoms with Crippen molar-refractivity contribution in [1.82, 2.24) is 0 Å². The Balaban J connectivity index is 2.20. The van der Waals surface area contributed by atoms with Gasteiger partial charge in [0, 0.05) is 36.3 Å². The second-order valence-corrected chi connectivity index (χ2v) is 10.7. The number of hydrogen-bond donors (Lipinski definition) is 1. The molecule has 6 nitrogen and oxygen atoms in total. The summed E-state index contributed by atoms with van der Waals surface area (Å²) in [5.74, 6) is 0.569. The molecule has 0 aliphatic heterocycles. The van der Waals surface area contributed by atoms with Gasteiger partial charge in [-0.05, 0) is 61.0 Å². The van der Waals surface area contributed by atoms with Gasteiger partial charge in [0.25, 0.3) is 7.37 Å². The van der Waals surface area contributed by atoms with Gasteiger partial charge in [0.2, 0.25) is 0 Å². The van der Waals surface area contributed by atoms with Crippen LogP contribution in [0.4, 0.5) is 11.4 Å². The maximum absolute atomic E-state index is 14.9. The molecule has 0 amide bonds. The summed E-state index contributed by atoms with van der Waals surface area (Å²) in [4.78, 5) is 2.01. The molecular formula is C27H35N2O4P. The van der Waals surface area contributed by atoms with E-state index in [1.165, 1.54) is 0 Å². The van der Waals surface area contributed by atoms with Crippen LogP contribution in [0.5, 0.6) is 11.5 Å². The van der Waals surface area contributed by atoms with Crippen LogP contribution < -0.4 is 25.0 Å². The lowest BCUT2D eigenvalue weighted by Gasteiger charge is -2.31. The van der Waals surface area contributed by atoms with Crippen LogP contribution in [0.2, 0.25) is 0 Å². The molecule has 3 aromatic carbocycles. The zero-order valence-electron chi connectivity index (χ0n) is 20.7. The third-order valence-corrected chi connectivity index (χ3v) is 8.33. The Kier molecular flexibility index (Phi) is 9.03. The van der Waals surface area contributed by atoms with Crippen LogP contribution in [0, 0.1) is 0 Å². The highest BCUT2D eigenvalue weighted by atomic mass is 31.2. The first-order valence-corrected chi connectivity index (χ1v) is 13.2. The minimum Gasteiger partial charge on any atom is -0.497 e. The molecule has 0 aliphatic carbocycles. The van der Waals surface area contributed by atoms with Crippen molar-refractivity contribution in [3.8, 4) is 11.5 Å². The van der Waals surface area contributed by atoms with E-state index in [-0.39, 0.29) is 0 Å². The van der Waals surface area contributed by atoms with E-state index in [2.05, 4.69) is 12.2 Å². The molecular weight excluding hydrogens is 447 g/mol. The molecule has 0 bridgehead atoms. The fourth-order valence-electron chi connectivity index (χ4n) is 3.69. The van der Waals surface area contributed by atoms with Gasteiger partial charge in [-0.3, -0.25) is 4.57 Å². The number of nitrogens with one attached hydrogen (secondary N) is 1. The molecule has 0 fully saturated rings. The molecule has 0 radical (unpaired) electrons. The zero-order chi connectivity index (χ0) is 24.6. The van der Waals surface area contributed by atoms with Gasteiger partial charge >= 0.3 is 0 Å². The average molecular weight is 483 g/mol. The highest BCUT2D eigenvalue weighted by molar-refractivity contribution is 7.67. The minimum atomic E-state index is -3.48. The van der Waals surface area contributed by atoms with Crippen LogP contribution in [0.15, 0.2) is 72.8 Å². The van der Waals surface area contributed by atoms with Gasteiger partial charge in [0.05, 0.1) is 20.8 Å². The minimum absolute atomic E-state index is 0.391. The Morgan fingerprint density at radius 2 is 1.65 bits per heavy atom. The van der Waals surface area contributed by atoms with Crippen LogP contribution in [0.25, 0.3) is 0 Å².